The SMILES string of the molecule is Cc1ncc(CO)c(CNc2cc(F)cc(F)c2F)c1O. The lowest BCUT2D eigenvalue weighted by atomic mass is 10.1. The zero-order valence-electron chi connectivity index (χ0n) is 11.1. The van der Waals surface area contributed by atoms with E-state index >= 15 is 0 Å². The fourth-order valence-electron chi connectivity index (χ4n) is 1.89. The number of pyridine rings is 1. The minimum atomic E-state index is -1.31. The van der Waals surface area contributed by atoms with Gasteiger partial charge in [0, 0.05) is 36.0 Å². The van der Waals surface area contributed by atoms with Crippen molar-refractivity contribution in [1.29, 1.82) is 0 Å². The van der Waals surface area contributed by atoms with E-state index in [0.29, 0.717) is 17.3 Å². The highest BCUT2D eigenvalue weighted by Crippen LogP contribution is 2.26. The highest BCUT2D eigenvalue weighted by atomic mass is 19.2. The van der Waals surface area contributed by atoms with Gasteiger partial charge in [0.15, 0.2) is 11.6 Å². The van der Waals surface area contributed by atoms with Gasteiger partial charge in [-0.3, -0.25) is 4.98 Å². The van der Waals surface area contributed by atoms with E-state index < -0.39 is 17.5 Å². The highest BCUT2D eigenvalue weighted by Gasteiger charge is 2.14. The quantitative estimate of drug-likeness (QED) is 0.759. The summed E-state index contributed by atoms with van der Waals surface area (Å²) in [6.07, 6.45) is 1.37. The molecule has 2 rings (SSSR count). The monoisotopic (exact) mass is 298 g/mol. The van der Waals surface area contributed by atoms with E-state index in [0.717, 1.165) is 6.07 Å². The number of aromatic hydroxyl groups is 1. The topological polar surface area (TPSA) is 65.4 Å². The van der Waals surface area contributed by atoms with Crippen molar-refractivity contribution in [3.8, 4) is 5.75 Å². The summed E-state index contributed by atoms with van der Waals surface area (Å²) in [5.41, 5.74) is 0.581. The van der Waals surface area contributed by atoms with Gasteiger partial charge in [-0.1, -0.05) is 0 Å². The van der Waals surface area contributed by atoms with Crippen molar-refractivity contribution in [3.63, 3.8) is 0 Å². The normalized spacial score (nSPS) is 10.7. The number of nitrogens with one attached hydrogen (secondary N) is 1. The molecule has 0 radical (unpaired) electrons. The predicted octanol–water partition coefficient (Wildman–Crippen LogP) is 2.62. The average molecular weight is 298 g/mol. The third-order valence-corrected chi connectivity index (χ3v) is 3.05. The predicted molar refractivity (Wildman–Crippen MR) is 70.2 cm³/mol. The van der Waals surface area contributed by atoms with Gasteiger partial charge in [-0.05, 0) is 6.92 Å². The van der Waals surface area contributed by atoms with Crippen LogP contribution < -0.4 is 5.32 Å². The van der Waals surface area contributed by atoms with Crippen LogP contribution in [0.15, 0.2) is 18.3 Å². The minimum absolute atomic E-state index is 0.120. The standard InChI is InChI=1S/C14H13F3N2O2/c1-7-14(21)10(8(6-20)4-18-7)5-19-12-3-9(15)2-11(16)13(12)17/h2-4,19-21H,5-6H2,1H3. The molecule has 112 valence electrons. The fraction of sp³-hybridized carbons (Fsp3) is 0.214. The van der Waals surface area contributed by atoms with Crippen LogP contribution in [0.5, 0.6) is 5.75 Å². The Morgan fingerprint density at radius 3 is 2.62 bits per heavy atom. The smallest absolute Gasteiger partial charge is 0.182 e. The van der Waals surface area contributed by atoms with Gasteiger partial charge >= 0.3 is 0 Å². The molecule has 0 amide bonds. The number of anilines is 1. The first kappa shape index (κ1) is 15.1. The number of aliphatic hydroxyl groups is 1. The summed E-state index contributed by atoms with van der Waals surface area (Å²) in [6, 6.07) is 1.25. The maximum absolute atomic E-state index is 13.5. The first-order chi connectivity index (χ1) is 9.93. The Hall–Kier alpha value is -2.28. The van der Waals surface area contributed by atoms with Crippen LogP contribution in [0.4, 0.5) is 18.9 Å². The first-order valence-corrected chi connectivity index (χ1v) is 6.09. The van der Waals surface area contributed by atoms with Crippen molar-refractivity contribution in [1.82, 2.24) is 4.98 Å². The van der Waals surface area contributed by atoms with Crippen molar-refractivity contribution in [2.24, 2.45) is 0 Å². The number of aliphatic hydroxyl groups excluding tert-OH is 1. The van der Waals surface area contributed by atoms with Gasteiger partial charge in [-0.2, -0.15) is 0 Å². The van der Waals surface area contributed by atoms with Crippen LogP contribution in [0.25, 0.3) is 0 Å². The highest BCUT2D eigenvalue weighted by molar-refractivity contribution is 5.49. The van der Waals surface area contributed by atoms with Crippen molar-refractivity contribution in [3.05, 3.63) is 52.6 Å². The molecule has 0 aliphatic carbocycles. The second-order valence-electron chi connectivity index (χ2n) is 4.46. The van der Waals surface area contributed by atoms with Gasteiger partial charge in [-0.25, -0.2) is 13.2 Å². The van der Waals surface area contributed by atoms with Crippen LogP contribution in [-0.2, 0) is 13.2 Å². The van der Waals surface area contributed by atoms with Crippen molar-refractivity contribution in [2.45, 2.75) is 20.1 Å². The average Bonchev–Trinajstić information content (AvgIpc) is 2.45. The first-order valence-electron chi connectivity index (χ1n) is 6.09. The zero-order valence-corrected chi connectivity index (χ0v) is 11.1. The maximum atomic E-state index is 13.5. The summed E-state index contributed by atoms with van der Waals surface area (Å²) in [5.74, 6) is -3.61. The molecule has 1 aromatic heterocycles. The second-order valence-corrected chi connectivity index (χ2v) is 4.46. The fourth-order valence-corrected chi connectivity index (χ4v) is 1.89. The lowest BCUT2D eigenvalue weighted by Crippen LogP contribution is -2.07. The van der Waals surface area contributed by atoms with E-state index in [-0.39, 0.29) is 30.2 Å². The number of hydrogen-bond donors (Lipinski definition) is 3. The van der Waals surface area contributed by atoms with Crippen LogP contribution in [0, 0.1) is 24.4 Å². The Balaban J connectivity index is 2.31. The molecule has 4 nitrogen and oxygen atoms in total. The van der Waals surface area contributed by atoms with Gasteiger partial charge in [0.1, 0.15) is 11.6 Å². The van der Waals surface area contributed by atoms with E-state index in [4.69, 9.17) is 0 Å². The van der Waals surface area contributed by atoms with Crippen molar-refractivity contribution in [2.75, 3.05) is 5.32 Å². The number of aromatic nitrogens is 1. The third-order valence-electron chi connectivity index (χ3n) is 3.05. The van der Waals surface area contributed by atoms with Gasteiger partial charge in [-0.15, -0.1) is 0 Å². The van der Waals surface area contributed by atoms with Crippen LogP contribution in [0.3, 0.4) is 0 Å². The second kappa shape index (κ2) is 6.01. The molecule has 2 aromatic rings. The molecule has 0 aliphatic heterocycles. The molecule has 0 saturated heterocycles. The molecule has 0 bridgehead atoms. The molecule has 1 heterocycles. The molecule has 0 spiro atoms. The van der Waals surface area contributed by atoms with Crippen LogP contribution in [0.1, 0.15) is 16.8 Å². The Labute approximate surface area is 118 Å². The molecule has 3 N–H and O–H groups in total. The summed E-state index contributed by atoms with van der Waals surface area (Å²) in [5, 5.41) is 21.6. The molecule has 7 heteroatoms. The van der Waals surface area contributed by atoms with E-state index in [2.05, 4.69) is 10.3 Å². The number of aryl methyl sites for hydroxylation is 1. The minimum Gasteiger partial charge on any atom is -0.506 e. The lowest BCUT2D eigenvalue weighted by Gasteiger charge is -2.13. The van der Waals surface area contributed by atoms with Crippen LogP contribution in [-0.4, -0.2) is 15.2 Å². The zero-order chi connectivity index (χ0) is 15.6. The molecule has 0 fully saturated rings. The number of hydrogen-bond acceptors (Lipinski definition) is 4. The molecule has 0 unspecified atom stereocenters. The van der Waals surface area contributed by atoms with E-state index in [1.165, 1.54) is 6.20 Å². The number of nitrogens with zero attached hydrogens (tertiary/aromatic N) is 1. The Kier molecular flexibility index (Phi) is 4.32. The number of rotatable bonds is 4. The van der Waals surface area contributed by atoms with Gasteiger partial charge in [0.25, 0.3) is 0 Å². The van der Waals surface area contributed by atoms with E-state index in [1.807, 2.05) is 0 Å². The van der Waals surface area contributed by atoms with Crippen LogP contribution >= 0.6 is 0 Å². The number of benzene rings is 1. The van der Waals surface area contributed by atoms with E-state index in [1.54, 1.807) is 6.92 Å². The molecule has 21 heavy (non-hydrogen) atoms. The Bertz CT molecular complexity index is 678. The molecule has 0 saturated carbocycles. The summed E-state index contributed by atoms with van der Waals surface area (Å²) >= 11 is 0. The maximum Gasteiger partial charge on any atom is 0.182 e. The van der Waals surface area contributed by atoms with Gasteiger partial charge in [0.05, 0.1) is 18.0 Å². The summed E-state index contributed by atoms with van der Waals surface area (Å²) in [6.45, 7) is 1.06. The molecular formula is C14H13F3N2O2. The van der Waals surface area contributed by atoms with Gasteiger partial charge < -0.3 is 15.5 Å². The Morgan fingerprint density at radius 2 is 1.95 bits per heavy atom. The molecule has 1 aromatic carbocycles. The number of halogens is 3. The summed E-state index contributed by atoms with van der Waals surface area (Å²) in [7, 11) is 0. The lowest BCUT2D eigenvalue weighted by molar-refractivity contribution is 0.279. The molecular weight excluding hydrogens is 285 g/mol. The largest absolute Gasteiger partial charge is 0.506 e. The molecule has 0 aliphatic rings. The van der Waals surface area contributed by atoms with Crippen molar-refractivity contribution < 1.29 is 23.4 Å². The Morgan fingerprint density at radius 1 is 1.24 bits per heavy atom. The molecule has 0 atom stereocenters. The summed E-state index contributed by atoms with van der Waals surface area (Å²) < 4.78 is 39.7. The van der Waals surface area contributed by atoms with E-state index in [9.17, 15) is 23.4 Å². The third kappa shape index (κ3) is 3.08. The van der Waals surface area contributed by atoms with Gasteiger partial charge in [0.2, 0.25) is 0 Å². The van der Waals surface area contributed by atoms with Crippen LogP contribution in [0.2, 0.25) is 0 Å². The van der Waals surface area contributed by atoms with Crippen molar-refractivity contribution >= 4 is 5.69 Å². The summed E-state index contributed by atoms with van der Waals surface area (Å²) in [4.78, 5) is 3.88.